The van der Waals surface area contributed by atoms with Gasteiger partial charge in [-0.15, -0.1) is 0 Å². The minimum Gasteiger partial charge on any atom is -0.466 e. The number of hydrogen-bond acceptors (Lipinski definition) is 4. The Kier molecular flexibility index (Phi) is 3.27. The van der Waals surface area contributed by atoms with Crippen LogP contribution >= 0.6 is 0 Å². The minimum atomic E-state index is -0.205. The monoisotopic (exact) mass is 301 g/mol. The third kappa shape index (κ3) is 2.01. The van der Waals surface area contributed by atoms with Gasteiger partial charge in [-0.05, 0) is 27.2 Å². The zero-order chi connectivity index (χ0) is 16.0. The first-order valence-corrected chi connectivity index (χ1v) is 7.21. The predicted octanol–water partition coefficient (Wildman–Crippen LogP) is 2.63. The fourth-order valence-corrected chi connectivity index (χ4v) is 2.76. The number of hydrogen-bond donors (Lipinski definition) is 2. The van der Waals surface area contributed by atoms with Gasteiger partial charge in [-0.3, -0.25) is 9.89 Å². The highest BCUT2D eigenvalue weighted by Crippen LogP contribution is 2.26. The molecule has 7 heteroatoms. The van der Waals surface area contributed by atoms with E-state index in [4.69, 9.17) is 4.42 Å². The maximum Gasteiger partial charge on any atom is 0.260 e. The minimum absolute atomic E-state index is 0.205. The van der Waals surface area contributed by atoms with E-state index in [2.05, 4.69) is 20.6 Å². The SMILES string of the molecule is CCc1nn(C)c2n[nH]c(NC(=O)c3c(C)oc(C)c3C)c12. The number of carbonyl (C=O) groups is 1. The maximum absolute atomic E-state index is 12.6. The van der Waals surface area contributed by atoms with Crippen molar-refractivity contribution in [1.82, 2.24) is 20.0 Å². The van der Waals surface area contributed by atoms with E-state index in [0.29, 0.717) is 17.1 Å². The summed E-state index contributed by atoms with van der Waals surface area (Å²) in [5, 5.41) is 15.3. The zero-order valence-electron chi connectivity index (χ0n) is 13.4. The lowest BCUT2D eigenvalue weighted by Gasteiger charge is -2.03. The average Bonchev–Trinajstić information content (AvgIpc) is 3.08. The standard InChI is InChI=1S/C15H19N5O2/c1-6-10-12-13(17-18-14(12)20(5)19-10)16-15(21)11-7(2)8(3)22-9(11)4/h6H2,1-5H3,(H2,16,17,18,21). The van der Waals surface area contributed by atoms with Crippen molar-refractivity contribution in [3.8, 4) is 0 Å². The Morgan fingerprint density at radius 3 is 2.64 bits per heavy atom. The number of furan rings is 1. The van der Waals surface area contributed by atoms with Crippen molar-refractivity contribution in [2.75, 3.05) is 5.32 Å². The van der Waals surface area contributed by atoms with E-state index < -0.39 is 0 Å². The average molecular weight is 301 g/mol. The molecule has 116 valence electrons. The topological polar surface area (TPSA) is 88.7 Å². The lowest BCUT2D eigenvalue weighted by Crippen LogP contribution is -2.14. The summed E-state index contributed by atoms with van der Waals surface area (Å²) in [6, 6.07) is 0. The van der Waals surface area contributed by atoms with Crippen molar-refractivity contribution in [1.29, 1.82) is 0 Å². The largest absolute Gasteiger partial charge is 0.466 e. The predicted molar refractivity (Wildman–Crippen MR) is 83.1 cm³/mol. The molecule has 0 aliphatic rings. The number of aryl methyl sites for hydroxylation is 4. The van der Waals surface area contributed by atoms with Gasteiger partial charge in [0.15, 0.2) is 5.65 Å². The Hall–Kier alpha value is -2.57. The zero-order valence-corrected chi connectivity index (χ0v) is 13.4. The van der Waals surface area contributed by atoms with Gasteiger partial charge in [0.1, 0.15) is 17.3 Å². The summed E-state index contributed by atoms with van der Waals surface area (Å²) < 4.78 is 7.23. The molecule has 3 rings (SSSR count). The molecule has 0 saturated carbocycles. The molecule has 1 amide bonds. The van der Waals surface area contributed by atoms with Gasteiger partial charge in [0.25, 0.3) is 5.91 Å². The normalized spacial score (nSPS) is 11.3. The van der Waals surface area contributed by atoms with E-state index in [1.54, 1.807) is 11.6 Å². The van der Waals surface area contributed by atoms with Gasteiger partial charge in [-0.1, -0.05) is 6.92 Å². The third-order valence-electron chi connectivity index (χ3n) is 3.97. The second-order valence-electron chi connectivity index (χ2n) is 5.39. The van der Waals surface area contributed by atoms with E-state index in [1.807, 2.05) is 27.8 Å². The van der Waals surface area contributed by atoms with Crippen LogP contribution in [0.15, 0.2) is 4.42 Å². The second kappa shape index (κ2) is 5.01. The highest BCUT2D eigenvalue weighted by atomic mass is 16.3. The molecular weight excluding hydrogens is 282 g/mol. The Balaban J connectivity index is 2.01. The van der Waals surface area contributed by atoms with Crippen molar-refractivity contribution in [3.63, 3.8) is 0 Å². The van der Waals surface area contributed by atoms with Crippen molar-refractivity contribution in [2.45, 2.75) is 34.1 Å². The van der Waals surface area contributed by atoms with Crippen LogP contribution in [0, 0.1) is 20.8 Å². The van der Waals surface area contributed by atoms with E-state index in [0.717, 1.165) is 34.5 Å². The molecule has 0 aliphatic carbocycles. The number of aromatic nitrogens is 4. The van der Waals surface area contributed by atoms with Crippen LogP contribution in [0.3, 0.4) is 0 Å². The number of aromatic amines is 1. The molecule has 0 atom stereocenters. The van der Waals surface area contributed by atoms with Crippen molar-refractivity contribution < 1.29 is 9.21 Å². The lowest BCUT2D eigenvalue weighted by molar-refractivity contribution is 0.102. The Bertz CT molecular complexity index is 868. The molecular formula is C15H19N5O2. The maximum atomic E-state index is 12.6. The number of anilines is 1. The summed E-state index contributed by atoms with van der Waals surface area (Å²) in [7, 11) is 1.83. The lowest BCUT2D eigenvalue weighted by atomic mass is 10.1. The Morgan fingerprint density at radius 2 is 2.05 bits per heavy atom. The molecule has 0 radical (unpaired) electrons. The van der Waals surface area contributed by atoms with Crippen LogP contribution < -0.4 is 5.32 Å². The third-order valence-corrected chi connectivity index (χ3v) is 3.97. The summed E-state index contributed by atoms with van der Waals surface area (Å²) in [5.74, 6) is 1.74. The molecule has 0 aromatic carbocycles. The molecule has 3 heterocycles. The number of rotatable bonds is 3. The Labute approximate surface area is 127 Å². The highest BCUT2D eigenvalue weighted by Gasteiger charge is 2.22. The van der Waals surface area contributed by atoms with Crippen molar-refractivity contribution >= 4 is 22.8 Å². The van der Waals surface area contributed by atoms with Crippen molar-refractivity contribution in [3.05, 3.63) is 28.3 Å². The Morgan fingerprint density at radius 1 is 1.32 bits per heavy atom. The number of H-pyrrole nitrogens is 1. The highest BCUT2D eigenvalue weighted by molar-refractivity contribution is 6.09. The fourth-order valence-electron chi connectivity index (χ4n) is 2.76. The van der Waals surface area contributed by atoms with Gasteiger partial charge in [0, 0.05) is 12.6 Å². The number of nitrogens with one attached hydrogen (secondary N) is 2. The summed E-state index contributed by atoms with van der Waals surface area (Å²) in [6.07, 6.45) is 0.766. The summed E-state index contributed by atoms with van der Waals surface area (Å²) >= 11 is 0. The molecule has 0 fully saturated rings. The second-order valence-corrected chi connectivity index (χ2v) is 5.39. The van der Waals surface area contributed by atoms with Crippen LogP contribution in [-0.2, 0) is 13.5 Å². The van der Waals surface area contributed by atoms with E-state index in [1.165, 1.54) is 0 Å². The molecule has 3 aromatic rings. The first kappa shape index (κ1) is 14.4. The van der Waals surface area contributed by atoms with Crippen molar-refractivity contribution in [2.24, 2.45) is 7.05 Å². The van der Waals surface area contributed by atoms with Crippen LogP contribution in [0.4, 0.5) is 5.82 Å². The van der Waals surface area contributed by atoms with E-state index in [-0.39, 0.29) is 5.91 Å². The molecule has 7 nitrogen and oxygen atoms in total. The van der Waals surface area contributed by atoms with Gasteiger partial charge in [0.05, 0.1) is 16.6 Å². The number of fused-ring (bicyclic) bond motifs is 1. The van der Waals surface area contributed by atoms with Gasteiger partial charge in [-0.25, -0.2) is 4.68 Å². The van der Waals surface area contributed by atoms with Crippen LogP contribution in [0.25, 0.3) is 11.0 Å². The smallest absolute Gasteiger partial charge is 0.260 e. The van der Waals surface area contributed by atoms with Crippen LogP contribution in [0.5, 0.6) is 0 Å². The van der Waals surface area contributed by atoms with Gasteiger partial charge in [0.2, 0.25) is 0 Å². The number of amides is 1. The van der Waals surface area contributed by atoms with E-state index >= 15 is 0 Å². The van der Waals surface area contributed by atoms with Crippen LogP contribution in [-0.4, -0.2) is 25.9 Å². The molecule has 0 aliphatic heterocycles. The van der Waals surface area contributed by atoms with Crippen LogP contribution in [0.1, 0.15) is 40.1 Å². The number of carbonyl (C=O) groups excluding carboxylic acids is 1. The molecule has 0 saturated heterocycles. The summed E-state index contributed by atoms with van der Waals surface area (Å²) in [6.45, 7) is 7.54. The van der Waals surface area contributed by atoms with Gasteiger partial charge in [-0.2, -0.15) is 10.2 Å². The molecule has 0 bridgehead atoms. The number of nitrogens with zero attached hydrogens (tertiary/aromatic N) is 3. The fraction of sp³-hybridized carbons (Fsp3) is 0.400. The molecule has 0 unspecified atom stereocenters. The van der Waals surface area contributed by atoms with Gasteiger partial charge < -0.3 is 9.73 Å². The quantitative estimate of drug-likeness (QED) is 0.778. The molecule has 3 aromatic heterocycles. The van der Waals surface area contributed by atoms with E-state index in [9.17, 15) is 4.79 Å². The molecule has 0 spiro atoms. The summed E-state index contributed by atoms with van der Waals surface area (Å²) in [5.41, 5.74) is 3.05. The van der Waals surface area contributed by atoms with Gasteiger partial charge >= 0.3 is 0 Å². The molecule has 2 N–H and O–H groups in total. The van der Waals surface area contributed by atoms with Crippen LogP contribution in [0.2, 0.25) is 0 Å². The molecule has 22 heavy (non-hydrogen) atoms. The first-order valence-electron chi connectivity index (χ1n) is 7.21. The first-order chi connectivity index (χ1) is 10.4. The summed E-state index contributed by atoms with van der Waals surface area (Å²) in [4.78, 5) is 12.6.